The van der Waals surface area contributed by atoms with Crippen molar-refractivity contribution in [2.24, 2.45) is 0 Å². The summed E-state index contributed by atoms with van der Waals surface area (Å²) in [6, 6.07) is 0. The lowest BCUT2D eigenvalue weighted by Gasteiger charge is -2.32. The minimum Gasteiger partial charge on any atom is -0.371 e. The van der Waals surface area contributed by atoms with Crippen LogP contribution in [0.2, 0.25) is 0 Å². The molecule has 14 heavy (non-hydrogen) atoms. The summed E-state index contributed by atoms with van der Waals surface area (Å²) < 4.78 is 16.8. The summed E-state index contributed by atoms with van der Waals surface area (Å²) in [5.41, 5.74) is 1.84. The van der Waals surface area contributed by atoms with Gasteiger partial charge in [0.2, 0.25) is 0 Å². The van der Waals surface area contributed by atoms with E-state index in [-0.39, 0.29) is 0 Å². The van der Waals surface area contributed by atoms with Crippen molar-refractivity contribution in [1.29, 1.82) is 0 Å². The number of rotatable bonds is 9. The minimum absolute atomic E-state index is 0.603. The van der Waals surface area contributed by atoms with Gasteiger partial charge in [0.15, 0.2) is 9.76 Å². The average molecular weight is 218 g/mol. The highest BCUT2D eigenvalue weighted by Crippen LogP contribution is 2.21. The minimum atomic E-state index is -0.807. The number of hydrogen-bond donors (Lipinski definition) is 0. The molecule has 0 aliphatic heterocycles. The van der Waals surface area contributed by atoms with Crippen molar-refractivity contribution in [3.8, 4) is 0 Å². The summed E-state index contributed by atoms with van der Waals surface area (Å²) in [5.74, 6) is -0.807. The van der Waals surface area contributed by atoms with Gasteiger partial charge < -0.3 is 13.9 Å². The van der Waals surface area contributed by atoms with Crippen molar-refractivity contribution in [2.75, 3.05) is 13.2 Å². The summed E-state index contributed by atoms with van der Waals surface area (Å²) in [6.07, 6.45) is 1.75. The van der Waals surface area contributed by atoms with Gasteiger partial charge in [0.25, 0.3) is 5.97 Å². The topological polar surface area (TPSA) is 27.7 Å². The first-order chi connectivity index (χ1) is 6.74. The molecule has 84 valence electrons. The highest BCUT2D eigenvalue weighted by molar-refractivity contribution is 6.34. The summed E-state index contributed by atoms with van der Waals surface area (Å²) in [7, 11) is -0.729. The molecule has 0 aromatic rings. The van der Waals surface area contributed by atoms with E-state index in [1.165, 1.54) is 0 Å². The van der Waals surface area contributed by atoms with Gasteiger partial charge in [0.05, 0.1) is 0 Å². The quantitative estimate of drug-likeness (QED) is 0.436. The van der Waals surface area contributed by atoms with Gasteiger partial charge in [-0.05, 0) is 20.3 Å². The number of hydrogen-bond acceptors (Lipinski definition) is 3. The zero-order chi connectivity index (χ0) is 10.9. The second-order valence-corrected chi connectivity index (χ2v) is 4.10. The van der Waals surface area contributed by atoms with Crippen LogP contribution in [0.4, 0.5) is 0 Å². The van der Waals surface area contributed by atoms with E-state index in [1.54, 1.807) is 0 Å². The summed E-state index contributed by atoms with van der Waals surface area (Å²) in [6.45, 7) is 10.9. The van der Waals surface area contributed by atoms with Crippen LogP contribution in [0.15, 0.2) is 12.3 Å². The van der Waals surface area contributed by atoms with Crippen molar-refractivity contribution in [3.05, 3.63) is 12.3 Å². The first-order valence-electron chi connectivity index (χ1n) is 5.27. The predicted molar refractivity (Wildman–Crippen MR) is 60.7 cm³/mol. The van der Waals surface area contributed by atoms with E-state index >= 15 is 0 Å². The first kappa shape index (κ1) is 13.8. The van der Waals surface area contributed by atoms with Gasteiger partial charge in [-0.25, -0.2) is 0 Å². The lowest BCUT2D eigenvalue weighted by Crippen LogP contribution is -2.40. The molecular formula is C10H22O3Si. The Bertz CT molecular complexity index is 133. The van der Waals surface area contributed by atoms with Gasteiger partial charge in [-0.15, -0.1) is 6.58 Å². The smallest absolute Gasteiger partial charge is 0.273 e. The molecule has 0 radical (unpaired) electrons. The van der Waals surface area contributed by atoms with Crippen LogP contribution in [0.25, 0.3) is 0 Å². The zero-order valence-electron chi connectivity index (χ0n) is 9.54. The van der Waals surface area contributed by atoms with E-state index < -0.39 is 15.7 Å². The number of ether oxygens (including phenoxy) is 2. The van der Waals surface area contributed by atoms with E-state index in [9.17, 15) is 0 Å². The summed E-state index contributed by atoms with van der Waals surface area (Å²) in [4.78, 5) is 0. The second-order valence-electron chi connectivity index (χ2n) is 2.90. The van der Waals surface area contributed by atoms with Gasteiger partial charge in [-0.1, -0.05) is 12.6 Å². The summed E-state index contributed by atoms with van der Waals surface area (Å²) in [5, 5.41) is 0. The Hall–Kier alpha value is -0.163. The fourth-order valence-corrected chi connectivity index (χ4v) is 1.96. The third-order valence-electron chi connectivity index (χ3n) is 1.71. The maximum atomic E-state index is 5.68. The monoisotopic (exact) mass is 218 g/mol. The molecular weight excluding hydrogens is 196 g/mol. The lowest BCUT2D eigenvalue weighted by atomic mass is 10.3. The maximum absolute atomic E-state index is 5.68. The first-order valence-corrected chi connectivity index (χ1v) is 6.66. The van der Waals surface area contributed by atoms with Crippen LogP contribution in [-0.2, 0) is 13.9 Å². The maximum Gasteiger partial charge on any atom is 0.273 e. The van der Waals surface area contributed by atoms with Gasteiger partial charge in [-0.2, -0.15) is 0 Å². The molecule has 0 spiro atoms. The molecule has 4 heteroatoms. The summed E-state index contributed by atoms with van der Waals surface area (Å²) >= 11 is 0. The predicted octanol–water partition coefficient (Wildman–Crippen LogP) is 1.76. The molecule has 0 N–H and O–H groups in total. The SMILES string of the molecule is C=C[SiH2]OC(CCC)(OCC)OCC. The molecule has 0 aromatic carbocycles. The Kier molecular flexibility index (Phi) is 8.08. The molecule has 3 nitrogen and oxygen atoms in total. The highest BCUT2D eigenvalue weighted by Gasteiger charge is 2.30. The third kappa shape index (κ3) is 4.90. The Morgan fingerprint density at radius 3 is 2.14 bits per heavy atom. The average Bonchev–Trinajstić information content (AvgIpc) is 2.16. The second kappa shape index (κ2) is 8.17. The molecule has 0 aliphatic carbocycles. The van der Waals surface area contributed by atoms with E-state index in [4.69, 9.17) is 13.9 Å². The molecule has 0 fully saturated rings. The Morgan fingerprint density at radius 2 is 1.79 bits per heavy atom. The Balaban J connectivity index is 4.28. The molecule has 0 rings (SSSR count). The van der Waals surface area contributed by atoms with E-state index in [1.807, 2.05) is 19.5 Å². The van der Waals surface area contributed by atoms with Crippen LogP contribution in [-0.4, -0.2) is 29.0 Å². The largest absolute Gasteiger partial charge is 0.371 e. The lowest BCUT2D eigenvalue weighted by molar-refractivity contribution is -0.344. The Labute approximate surface area is 89.4 Å². The van der Waals surface area contributed by atoms with Crippen LogP contribution in [0, 0.1) is 0 Å². The van der Waals surface area contributed by atoms with Gasteiger partial charge >= 0.3 is 0 Å². The molecule has 0 unspecified atom stereocenters. The molecule has 0 amide bonds. The van der Waals surface area contributed by atoms with Gasteiger partial charge in [0.1, 0.15) is 0 Å². The van der Waals surface area contributed by atoms with Crippen LogP contribution < -0.4 is 0 Å². The normalized spacial score (nSPS) is 12.5. The Morgan fingerprint density at radius 1 is 1.21 bits per heavy atom. The van der Waals surface area contributed by atoms with E-state index in [2.05, 4.69) is 13.5 Å². The molecule has 0 aromatic heterocycles. The van der Waals surface area contributed by atoms with E-state index in [0.717, 1.165) is 12.8 Å². The third-order valence-corrected chi connectivity index (χ3v) is 2.55. The van der Waals surface area contributed by atoms with Crippen LogP contribution in [0.5, 0.6) is 0 Å². The molecule has 0 aliphatic rings. The highest BCUT2D eigenvalue weighted by atomic mass is 28.2. The molecule has 0 saturated carbocycles. The molecule has 0 bridgehead atoms. The van der Waals surface area contributed by atoms with Crippen molar-refractivity contribution in [2.45, 2.75) is 39.6 Å². The molecule has 0 saturated heterocycles. The van der Waals surface area contributed by atoms with Crippen molar-refractivity contribution in [1.82, 2.24) is 0 Å². The zero-order valence-corrected chi connectivity index (χ0v) is 11.0. The molecule has 0 heterocycles. The fraction of sp³-hybridized carbons (Fsp3) is 0.800. The van der Waals surface area contributed by atoms with Crippen molar-refractivity contribution < 1.29 is 13.9 Å². The van der Waals surface area contributed by atoms with Crippen molar-refractivity contribution in [3.63, 3.8) is 0 Å². The standard InChI is InChI=1S/C10H22O3Si/c1-5-9-10(11-6-2,12-7-3)13-14-8-4/h8H,4-7,9,14H2,1-3H3. The van der Waals surface area contributed by atoms with Crippen LogP contribution in [0.1, 0.15) is 33.6 Å². The van der Waals surface area contributed by atoms with Gasteiger partial charge in [-0.3, -0.25) is 0 Å². The van der Waals surface area contributed by atoms with E-state index in [0.29, 0.717) is 13.2 Å². The van der Waals surface area contributed by atoms with Crippen LogP contribution >= 0.6 is 0 Å². The molecule has 0 atom stereocenters. The van der Waals surface area contributed by atoms with Gasteiger partial charge in [0, 0.05) is 19.6 Å². The van der Waals surface area contributed by atoms with Crippen molar-refractivity contribution >= 4 is 9.76 Å². The van der Waals surface area contributed by atoms with Crippen LogP contribution in [0.3, 0.4) is 0 Å². The fourth-order valence-electron chi connectivity index (χ4n) is 1.27.